The Balaban J connectivity index is 2.11. The SMILES string of the molecule is CCOC(=O)CCNC(=O)NCOc1ccc(Cl)cc1. The summed E-state index contributed by atoms with van der Waals surface area (Å²) in [5.74, 6) is 0.256. The van der Waals surface area contributed by atoms with Crippen LogP contribution in [0.2, 0.25) is 5.02 Å². The summed E-state index contributed by atoms with van der Waals surface area (Å²) in [6.07, 6.45) is 0.138. The molecule has 0 aromatic heterocycles. The molecule has 0 bridgehead atoms. The Labute approximate surface area is 122 Å². The highest BCUT2D eigenvalue weighted by atomic mass is 35.5. The molecule has 0 spiro atoms. The molecule has 0 aliphatic rings. The number of carbonyl (C=O) groups is 2. The molecule has 1 aromatic carbocycles. The maximum absolute atomic E-state index is 11.4. The van der Waals surface area contributed by atoms with Gasteiger partial charge in [0.15, 0.2) is 6.73 Å². The average Bonchev–Trinajstić information content (AvgIpc) is 2.41. The molecule has 6 nitrogen and oxygen atoms in total. The lowest BCUT2D eigenvalue weighted by Gasteiger charge is -2.09. The Hall–Kier alpha value is -1.95. The summed E-state index contributed by atoms with van der Waals surface area (Å²) in [5.41, 5.74) is 0. The van der Waals surface area contributed by atoms with Crippen LogP contribution < -0.4 is 15.4 Å². The standard InChI is InChI=1S/C13H17ClN2O4/c1-2-19-12(17)7-8-15-13(18)16-9-20-11-5-3-10(14)4-6-11/h3-6H,2,7-9H2,1H3,(H2,15,16,18). The molecule has 7 heteroatoms. The van der Waals surface area contributed by atoms with Crippen LogP contribution in [0.15, 0.2) is 24.3 Å². The second-order valence-corrected chi connectivity index (χ2v) is 4.17. The molecule has 0 saturated carbocycles. The zero-order valence-corrected chi connectivity index (χ0v) is 11.9. The van der Waals surface area contributed by atoms with Crippen LogP contribution >= 0.6 is 11.6 Å². The van der Waals surface area contributed by atoms with Crippen molar-refractivity contribution < 1.29 is 19.1 Å². The lowest BCUT2D eigenvalue weighted by atomic mass is 10.3. The average molecular weight is 301 g/mol. The Morgan fingerprint density at radius 3 is 2.55 bits per heavy atom. The number of rotatable bonds is 7. The lowest BCUT2D eigenvalue weighted by molar-refractivity contribution is -0.142. The predicted octanol–water partition coefficient (Wildman–Crippen LogP) is 1.93. The number of esters is 1. The van der Waals surface area contributed by atoms with Crippen LogP contribution in [0.3, 0.4) is 0 Å². The van der Waals surface area contributed by atoms with E-state index in [1.54, 1.807) is 31.2 Å². The predicted molar refractivity (Wildman–Crippen MR) is 74.7 cm³/mol. The summed E-state index contributed by atoms with van der Waals surface area (Å²) in [7, 11) is 0. The minimum absolute atomic E-state index is 0.0207. The van der Waals surface area contributed by atoms with E-state index in [-0.39, 0.29) is 25.7 Å². The van der Waals surface area contributed by atoms with Gasteiger partial charge >= 0.3 is 12.0 Å². The fraction of sp³-hybridized carbons (Fsp3) is 0.385. The Morgan fingerprint density at radius 1 is 1.20 bits per heavy atom. The van der Waals surface area contributed by atoms with Crippen molar-refractivity contribution in [1.29, 1.82) is 0 Å². The Morgan fingerprint density at radius 2 is 1.90 bits per heavy atom. The lowest BCUT2D eigenvalue weighted by Crippen LogP contribution is -2.38. The highest BCUT2D eigenvalue weighted by Gasteiger charge is 2.03. The van der Waals surface area contributed by atoms with Gasteiger partial charge in [-0.3, -0.25) is 4.79 Å². The van der Waals surface area contributed by atoms with Gasteiger partial charge in [0.2, 0.25) is 0 Å². The number of hydrogen-bond acceptors (Lipinski definition) is 4. The smallest absolute Gasteiger partial charge is 0.317 e. The Kier molecular flexibility index (Phi) is 7.27. The van der Waals surface area contributed by atoms with Crippen molar-refractivity contribution in [3.05, 3.63) is 29.3 Å². The molecule has 110 valence electrons. The van der Waals surface area contributed by atoms with Gasteiger partial charge in [0.1, 0.15) is 5.75 Å². The van der Waals surface area contributed by atoms with Crippen molar-refractivity contribution in [3.8, 4) is 5.75 Å². The monoisotopic (exact) mass is 300 g/mol. The first-order valence-electron chi connectivity index (χ1n) is 6.17. The number of urea groups is 1. The fourth-order valence-corrected chi connectivity index (χ4v) is 1.42. The Bertz CT molecular complexity index is 437. The summed E-state index contributed by atoms with van der Waals surface area (Å²) in [6, 6.07) is 6.36. The number of benzene rings is 1. The number of halogens is 1. The minimum atomic E-state index is -0.414. The van der Waals surface area contributed by atoms with E-state index in [9.17, 15) is 9.59 Å². The van der Waals surface area contributed by atoms with E-state index in [1.165, 1.54) is 0 Å². The molecule has 0 heterocycles. The van der Waals surface area contributed by atoms with Gasteiger partial charge in [0.25, 0.3) is 0 Å². The number of carbonyl (C=O) groups excluding carboxylic acids is 2. The summed E-state index contributed by atoms with van der Waals surface area (Å²) >= 11 is 5.73. The third kappa shape index (κ3) is 6.84. The normalized spacial score (nSPS) is 9.70. The van der Waals surface area contributed by atoms with Crippen LogP contribution in [0.5, 0.6) is 5.75 Å². The van der Waals surface area contributed by atoms with E-state index in [1.807, 2.05) is 0 Å². The van der Waals surface area contributed by atoms with Crippen LogP contribution in [0, 0.1) is 0 Å². The van der Waals surface area contributed by atoms with Gasteiger partial charge in [-0.15, -0.1) is 0 Å². The van der Waals surface area contributed by atoms with Gasteiger partial charge in [-0.25, -0.2) is 4.79 Å². The number of amides is 2. The van der Waals surface area contributed by atoms with E-state index < -0.39 is 6.03 Å². The summed E-state index contributed by atoms with van der Waals surface area (Å²) in [4.78, 5) is 22.4. The van der Waals surface area contributed by atoms with Crippen LogP contribution in [0.25, 0.3) is 0 Å². The molecular weight excluding hydrogens is 284 g/mol. The van der Waals surface area contributed by atoms with Crippen LogP contribution in [-0.2, 0) is 9.53 Å². The molecule has 0 fully saturated rings. The summed E-state index contributed by atoms with van der Waals surface area (Å²) in [5, 5.41) is 5.62. The van der Waals surface area contributed by atoms with Gasteiger partial charge in [-0.05, 0) is 31.2 Å². The molecule has 20 heavy (non-hydrogen) atoms. The quantitative estimate of drug-likeness (QED) is 0.596. The molecule has 0 radical (unpaired) electrons. The van der Waals surface area contributed by atoms with Crippen LogP contribution in [0.1, 0.15) is 13.3 Å². The van der Waals surface area contributed by atoms with Crippen molar-refractivity contribution in [2.45, 2.75) is 13.3 Å². The van der Waals surface area contributed by atoms with Crippen molar-refractivity contribution >= 4 is 23.6 Å². The highest BCUT2D eigenvalue weighted by Crippen LogP contribution is 2.14. The topological polar surface area (TPSA) is 76.7 Å². The van der Waals surface area contributed by atoms with E-state index in [2.05, 4.69) is 10.6 Å². The van der Waals surface area contributed by atoms with E-state index >= 15 is 0 Å². The molecule has 0 aliphatic heterocycles. The number of nitrogens with one attached hydrogen (secondary N) is 2. The van der Waals surface area contributed by atoms with Crippen molar-refractivity contribution in [3.63, 3.8) is 0 Å². The second-order valence-electron chi connectivity index (χ2n) is 3.73. The molecule has 0 unspecified atom stereocenters. The van der Waals surface area contributed by atoms with E-state index in [0.717, 1.165) is 0 Å². The molecular formula is C13H17ClN2O4. The van der Waals surface area contributed by atoms with Gasteiger partial charge in [-0.2, -0.15) is 0 Å². The zero-order valence-electron chi connectivity index (χ0n) is 11.1. The highest BCUT2D eigenvalue weighted by molar-refractivity contribution is 6.30. The third-order valence-electron chi connectivity index (χ3n) is 2.21. The van der Waals surface area contributed by atoms with E-state index in [4.69, 9.17) is 21.1 Å². The van der Waals surface area contributed by atoms with Crippen molar-refractivity contribution in [1.82, 2.24) is 10.6 Å². The molecule has 2 amide bonds. The van der Waals surface area contributed by atoms with E-state index in [0.29, 0.717) is 17.4 Å². The maximum Gasteiger partial charge on any atom is 0.317 e. The van der Waals surface area contributed by atoms with Gasteiger partial charge in [0, 0.05) is 11.6 Å². The van der Waals surface area contributed by atoms with Crippen molar-refractivity contribution in [2.24, 2.45) is 0 Å². The van der Waals surface area contributed by atoms with Crippen molar-refractivity contribution in [2.75, 3.05) is 19.9 Å². The molecule has 1 aromatic rings. The molecule has 0 atom stereocenters. The zero-order chi connectivity index (χ0) is 14.8. The second kappa shape index (κ2) is 9.03. The van der Waals surface area contributed by atoms with Gasteiger partial charge in [-0.1, -0.05) is 11.6 Å². The third-order valence-corrected chi connectivity index (χ3v) is 2.46. The van der Waals surface area contributed by atoms with Gasteiger partial charge < -0.3 is 20.1 Å². The molecule has 0 aliphatic carbocycles. The number of hydrogen-bond donors (Lipinski definition) is 2. The largest absolute Gasteiger partial charge is 0.473 e. The minimum Gasteiger partial charge on any atom is -0.473 e. The first kappa shape index (κ1) is 16.1. The van der Waals surface area contributed by atoms with Crippen LogP contribution in [0.4, 0.5) is 4.79 Å². The van der Waals surface area contributed by atoms with Crippen LogP contribution in [-0.4, -0.2) is 31.9 Å². The maximum atomic E-state index is 11.4. The molecule has 2 N–H and O–H groups in total. The fourth-order valence-electron chi connectivity index (χ4n) is 1.29. The molecule has 1 rings (SSSR count). The summed E-state index contributed by atoms with van der Waals surface area (Å²) < 4.78 is 10.0. The first-order chi connectivity index (χ1) is 9.61. The number of ether oxygens (including phenoxy) is 2. The van der Waals surface area contributed by atoms with Gasteiger partial charge in [0.05, 0.1) is 13.0 Å². The summed E-state index contributed by atoms with van der Waals surface area (Å²) in [6.45, 7) is 2.30. The first-order valence-corrected chi connectivity index (χ1v) is 6.55. The molecule has 0 saturated heterocycles.